The number of carboxylic acid groups (broad SMARTS) is 1. The van der Waals surface area contributed by atoms with Gasteiger partial charge < -0.3 is 10.4 Å². The molecule has 5 heteroatoms. The molecule has 4 nitrogen and oxygen atoms in total. The first-order valence-corrected chi connectivity index (χ1v) is 6.74. The number of carboxylic acids is 1. The maximum Gasteiger partial charge on any atom is 0.329 e. The van der Waals surface area contributed by atoms with Crippen molar-refractivity contribution in [1.29, 1.82) is 0 Å². The zero-order valence-corrected chi connectivity index (χ0v) is 10.6. The largest absolute Gasteiger partial charge is 0.480 e. The number of nitrogens with one attached hydrogen (secondary N) is 1. The van der Waals surface area contributed by atoms with Crippen LogP contribution in [0.15, 0.2) is 0 Å². The summed E-state index contributed by atoms with van der Waals surface area (Å²) in [7, 11) is 0. The molecule has 0 saturated carbocycles. The molecule has 92 valence electrons. The molecule has 0 aliphatic carbocycles. The van der Waals surface area contributed by atoms with E-state index < -0.39 is 11.5 Å². The Morgan fingerprint density at radius 1 is 1.38 bits per heavy atom. The number of amides is 1. The number of carbonyl (C=O) groups is 2. The first-order chi connectivity index (χ1) is 7.46. The lowest BCUT2D eigenvalue weighted by molar-refractivity contribution is -0.148. The predicted molar refractivity (Wildman–Crippen MR) is 64.5 cm³/mol. The first kappa shape index (κ1) is 13.4. The third-order valence-electron chi connectivity index (χ3n) is 2.73. The monoisotopic (exact) mass is 245 g/mol. The lowest BCUT2D eigenvalue weighted by Crippen LogP contribution is -2.56. The summed E-state index contributed by atoms with van der Waals surface area (Å²) < 4.78 is 0. The Kier molecular flexibility index (Phi) is 4.65. The minimum Gasteiger partial charge on any atom is -0.480 e. The van der Waals surface area contributed by atoms with Crippen molar-refractivity contribution < 1.29 is 14.7 Å². The van der Waals surface area contributed by atoms with Gasteiger partial charge in [0.05, 0.1) is 0 Å². The van der Waals surface area contributed by atoms with Crippen molar-refractivity contribution >= 4 is 23.6 Å². The van der Waals surface area contributed by atoms with Gasteiger partial charge in [-0.15, -0.1) is 0 Å². The van der Waals surface area contributed by atoms with Crippen LogP contribution < -0.4 is 5.32 Å². The van der Waals surface area contributed by atoms with Crippen LogP contribution in [0.5, 0.6) is 0 Å². The van der Waals surface area contributed by atoms with Crippen LogP contribution in [-0.2, 0) is 9.59 Å². The average molecular weight is 245 g/mol. The minimum absolute atomic E-state index is 0.149. The Balaban J connectivity index is 2.64. The second-order valence-corrected chi connectivity index (χ2v) is 5.87. The molecule has 1 heterocycles. The van der Waals surface area contributed by atoms with E-state index in [1.165, 1.54) is 0 Å². The highest BCUT2D eigenvalue weighted by molar-refractivity contribution is 7.99. The molecule has 0 radical (unpaired) electrons. The summed E-state index contributed by atoms with van der Waals surface area (Å²) in [4.78, 5) is 22.9. The number of thioether (sulfide) groups is 1. The predicted octanol–water partition coefficient (Wildman–Crippen LogP) is 1.50. The molecule has 0 atom stereocenters. The van der Waals surface area contributed by atoms with Crippen LogP contribution in [0, 0.1) is 5.92 Å². The summed E-state index contributed by atoms with van der Waals surface area (Å²) in [6, 6.07) is 0. The fourth-order valence-electron chi connectivity index (χ4n) is 1.80. The highest BCUT2D eigenvalue weighted by atomic mass is 32.2. The number of hydrogen-bond donors (Lipinski definition) is 2. The number of rotatable bonds is 4. The summed E-state index contributed by atoms with van der Waals surface area (Å²) >= 11 is 1.74. The third-order valence-corrected chi connectivity index (χ3v) is 3.71. The molecule has 1 saturated heterocycles. The van der Waals surface area contributed by atoms with Crippen molar-refractivity contribution in [3.05, 3.63) is 0 Å². The molecule has 2 N–H and O–H groups in total. The normalized spacial score (nSPS) is 19.4. The second-order valence-electron chi connectivity index (χ2n) is 4.65. The maximum atomic E-state index is 11.7. The number of hydrogen-bond acceptors (Lipinski definition) is 3. The van der Waals surface area contributed by atoms with Gasteiger partial charge >= 0.3 is 5.97 Å². The van der Waals surface area contributed by atoms with Crippen LogP contribution in [0.4, 0.5) is 0 Å². The Labute approximate surface area is 100 Å². The van der Waals surface area contributed by atoms with Gasteiger partial charge in [-0.3, -0.25) is 4.79 Å². The van der Waals surface area contributed by atoms with Gasteiger partial charge in [0.2, 0.25) is 5.91 Å². The molecule has 1 rings (SSSR count). The fraction of sp³-hybridized carbons (Fsp3) is 0.818. The maximum absolute atomic E-state index is 11.7. The molecule has 0 unspecified atom stereocenters. The molecule has 1 amide bonds. The van der Waals surface area contributed by atoms with Crippen molar-refractivity contribution in [3.63, 3.8) is 0 Å². The van der Waals surface area contributed by atoms with Crippen molar-refractivity contribution in [1.82, 2.24) is 5.32 Å². The molecular formula is C11H19NO3S. The summed E-state index contributed by atoms with van der Waals surface area (Å²) in [6.07, 6.45) is 1.44. The molecule has 16 heavy (non-hydrogen) atoms. The molecule has 0 aromatic heterocycles. The zero-order valence-electron chi connectivity index (χ0n) is 9.78. The highest BCUT2D eigenvalue weighted by Crippen LogP contribution is 2.27. The molecule has 0 spiro atoms. The topological polar surface area (TPSA) is 66.4 Å². The summed E-state index contributed by atoms with van der Waals surface area (Å²) in [5, 5.41) is 12.0. The molecule has 1 aliphatic rings. The van der Waals surface area contributed by atoms with E-state index in [0.29, 0.717) is 19.3 Å². The second kappa shape index (κ2) is 5.57. The molecule has 0 aromatic rings. The molecular weight excluding hydrogens is 226 g/mol. The smallest absolute Gasteiger partial charge is 0.329 e. The zero-order chi connectivity index (χ0) is 12.2. The van der Waals surface area contributed by atoms with Gasteiger partial charge in [0.25, 0.3) is 0 Å². The Bertz CT molecular complexity index is 272. The minimum atomic E-state index is -1.02. The standard InChI is InChI=1S/C11H19NO3S/c1-8(2)7-9(13)12-11(10(14)15)3-5-16-6-4-11/h8H,3-7H2,1-2H3,(H,12,13)(H,14,15). The highest BCUT2D eigenvalue weighted by Gasteiger charge is 2.41. The quantitative estimate of drug-likeness (QED) is 0.787. The van der Waals surface area contributed by atoms with E-state index in [9.17, 15) is 14.7 Å². The summed E-state index contributed by atoms with van der Waals surface area (Å²) in [6.45, 7) is 3.90. The van der Waals surface area contributed by atoms with Crippen LogP contribution in [0.3, 0.4) is 0 Å². The van der Waals surface area contributed by atoms with Gasteiger partial charge in [-0.05, 0) is 30.3 Å². The third kappa shape index (κ3) is 3.40. The van der Waals surface area contributed by atoms with Crippen molar-refractivity contribution in [2.45, 2.75) is 38.6 Å². The van der Waals surface area contributed by atoms with Crippen LogP contribution in [-0.4, -0.2) is 34.0 Å². The number of aliphatic carboxylic acids is 1. The van der Waals surface area contributed by atoms with Crippen LogP contribution in [0.25, 0.3) is 0 Å². The van der Waals surface area contributed by atoms with Gasteiger partial charge in [-0.2, -0.15) is 11.8 Å². The van der Waals surface area contributed by atoms with Crippen molar-refractivity contribution in [2.75, 3.05) is 11.5 Å². The van der Waals surface area contributed by atoms with Gasteiger partial charge in [-0.1, -0.05) is 13.8 Å². The SMILES string of the molecule is CC(C)CC(=O)NC1(C(=O)O)CCSCC1. The fourth-order valence-corrected chi connectivity index (χ4v) is 2.99. The lowest BCUT2D eigenvalue weighted by Gasteiger charge is -2.33. The van der Waals surface area contributed by atoms with Crippen molar-refractivity contribution in [3.8, 4) is 0 Å². The van der Waals surface area contributed by atoms with Crippen LogP contribution in [0.2, 0.25) is 0 Å². The van der Waals surface area contributed by atoms with Gasteiger partial charge in [0.15, 0.2) is 0 Å². The molecule has 1 aliphatic heterocycles. The first-order valence-electron chi connectivity index (χ1n) is 5.58. The van der Waals surface area contributed by atoms with E-state index in [-0.39, 0.29) is 11.8 Å². The van der Waals surface area contributed by atoms with E-state index >= 15 is 0 Å². The van der Waals surface area contributed by atoms with E-state index in [2.05, 4.69) is 5.32 Å². The van der Waals surface area contributed by atoms with Crippen molar-refractivity contribution in [2.24, 2.45) is 5.92 Å². The average Bonchev–Trinajstić information content (AvgIpc) is 2.17. The van der Waals surface area contributed by atoms with E-state index in [4.69, 9.17) is 0 Å². The van der Waals surface area contributed by atoms with Gasteiger partial charge in [0.1, 0.15) is 5.54 Å². The molecule has 0 aromatic carbocycles. The van der Waals surface area contributed by atoms with Gasteiger partial charge in [0, 0.05) is 6.42 Å². The van der Waals surface area contributed by atoms with Gasteiger partial charge in [-0.25, -0.2) is 4.79 Å². The van der Waals surface area contributed by atoms with Crippen LogP contribution >= 0.6 is 11.8 Å². The number of carbonyl (C=O) groups excluding carboxylic acids is 1. The van der Waals surface area contributed by atoms with E-state index in [1.54, 1.807) is 11.8 Å². The Hall–Kier alpha value is -0.710. The van der Waals surface area contributed by atoms with Crippen LogP contribution in [0.1, 0.15) is 33.1 Å². The Morgan fingerprint density at radius 2 is 1.94 bits per heavy atom. The lowest BCUT2D eigenvalue weighted by atomic mass is 9.91. The summed E-state index contributed by atoms with van der Waals surface area (Å²) in [5.74, 6) is 0.806. The molecule has 1 fully saturated rings. The Morgan fingerprint density at radius 3 is 2.38 bits per heavy atom. The summed E-state index contributed by atoms with van der Waals surface area (Å²) in [5.41, 5.74) is -1.02. The van der Waals surface area contributed by atoms with E-state index in [0.717, 1.165) is 11.5 Å². The molecule has 0 bridgehead atoms. The van der Waals surface area contributed by atoms with E-state index in [1.807, 2.05) is 13.8 Å².